The summed E-state index contributed by atoms with van der Waals surface area (Å²) in [5, 5.41) is 9.56. The van der Waals surface area contributed by atoms with Gasteiger partial charge in [0, 0.05) is 0 Å². The molecule has 6 rings (SSSR count). The van der Waals surface area contributed by atoms with E-state index in [1.165, 1.54) is 32.1 Å². The number of hydrogen-bond donors (Lipinski definition) is 1. The van der Waals surface area contributed by atoms with Gasteiger partial charge in [0.1, 0.15) is 6.10 Å². The third-order valence-corrected chi connectivity index (χ3v) is 9.74. The molecule has 0 saturated heterocycles. The molecule has 4 heteroatoms. The Balaban J connectivity index is 1.25. The van der Waals surface area contributed by atoms with Gasteiger partial charge in [0.15, 0.2) is 0 Å². The molecule has 1 N–H and O–H groups in total. The van der Waals surface area contributed by atoms with E-state index in [0.717, 1.165) is 53.8 Å². The van der Waals surface area contributed by atoms with E-state index in [0.29, 0.717) is 11.8 Å². The molecule has 6 aliphatic rings. The van der Waals surface area contributed by atoms with Gasteiger partial charge in [-0.3, -0.25) is 0 Å². The predicted octanol–water partition coefficient (Wildman–Crippen LogP) is 4.50. The van der Waals surface area contributed by atoms with Crippen LogP contribution >= 0.6 is 0 Å². The van der Waals surface area contributed by atoms with Gasteiger partial charge in [-0.25, -0.2) is 0 Å². The Labute approximate surface area is 141 Å². The Bertz CT molecular complexity index is 560. The quantitative estimate of drug-likeness (QED) is 0.734. The zero-order valence-corrected chi connectivity index (χ0v) is 14.0. The molecule has 6 fully saturated rings. The summed E-state index contributed by atoms with van der Waals surface area (Å²) in [5.41, 5.74) is 0. The zero-order valence-electron chi connectivity index (χ0n) is 14.0. The van der Waals surface area contributed by atoms with Gasteiger partial charge in [-0.1, -0.05) is 0 Å². The lowest BCUT2D eigenvalue weighted by molar-refractivity contribution is -0.210. The van der Waals surface area contributed by atoms with Gasteiger partial charge in [0.05, 0.1) is 0 Å². The number of rotatable bonds is 2. The molecule has 24 heavy (non-hydrogen) atoms. The highest BCUT2D eigenvalue weighted by Gasteiger charge is 2.71. The average Bonchev–Trinajstić information content (AvgIpc) is 3.29. The van der Waals surface area contributed by atoms with E-state index >= 15 is 0 Å². The summed E-state index contributed by atoms with van der Waals surface area (Å²) >= 11 is 0. The highest BCUT2D eigenvalue weighted by molar-refractivity contribution is 5.19. The second kappa shape index (κ2) is 4.53. The lowest BCUT2D eigenvalue weighted by atomic mass is 9.58. The molecule has 0 aromatic carbocycles. The number of aliphatic hydroxyl groups is 1. The van der Waals surface area contributed by atoms with Gasteiger partial charge < -0.3 is 5.11 Å². The molecule has 6 aliphatic carbocycles. The minimum atomic E-state index is -4.44. The topological polar surface area (TPSA) is 20.2 Å². The van der Waals surface area contributed by atoms with Crippen LogP contribution in [0.2, 0.25) is 0 Å². The van der Waals surface area contributed by atoms with E-state index in [1.54, 1.807) is 0 Å². The summed E-state index contributed by atoms with van der Waals surface area (Å²) in [7, 11) is 0. The van der Waals surface area contributed by atoms with Gasteiger partial charge in [-0.05, 0) is 110 Å². The first kappa shape index (κ1) is 14.9. The fourth-order valence-corrected chi connectivity index (χ4v) is 9.62. The van der Waals surface area contributed by atoms with Crippen LogP contribution in [0.5, 0.6) is 0 Å². The normalized spacial score (nSPS) is 60.8. The van der Waals surface area contributed by atoms with Crippen molar-refractivity contribution >= 4 is 0 Å². The smallest absolute Gasteiger partial charge is 0.384 e. The summed E-state index contributed by atoms with van der Waals surface area (Å²) in [4.78, 5) is 0. The molecule has 12 unspecified atom stereocenters. The van der Waals surface area contributed by atoms with Crippen LogP contribution in [0.4, 0.5) is 13.2 Å². The van der Waals surface area contributed by atoms with Gasteiger partial charge >= 0.3 is 6.18 Å². The van der Waals surface area contributed by atoms with Crippen molar-refractivity contribution in [2.24, 2.45) is 65.1 Å². The van der Waals surface area contributed by atoms with Crippen LogP contribution in [0.25, 0.3) is 0 Å². The standard InChI is InChI=1S/C20H27F3O/c21-20(22,23)15(24)6-10-4-11-5-12(10)19-14-7-13(18(11)19)16-8-1-2-9(3-8)17(14)16/h8-19,24H,1-7H2. The molecule has 6 bridgehead atoms. The van der Waals surface area contributed by atoms with E-state index in [9.17, 15) is 18.3 Å². The number of aliphatic hydroxyl groups excluding tert-OH is 1. The minimum Gasteiger partial charge on any atom is -0.384 e. The molecular weight excluding hydrogens is 313 g/mol. The van der Waals surface area contributed by atoms with Crippen molar-refractivity contribution in [2.45, 2.75) is 57.2 Å². The van der Waals surface area contributed by atoms with Gasteiger partial charge in [0.2, 0.25) is 0 Å². The van der Waals surface area contributed by atoms with Crippen molar-refractivity contribution in [1.82, 2.24) is 0 Å². The number of fused-ring (bicyclic) bond motifs is 16. The fourth-order valence-electron chi connectivity index (χ4n) is 9.62. The zero-order chi connectivity index (χ0) is 16.4. The molecule has 0 amide bonds. The van der Waals surface area contributed by atoms with Crippen molar-refractivity contribution < 1.29 is 18.3 Å². The maximum absolute atomic E-state index is 12.8. The van der Waals surface area contributed by atoms with Gasteiger partial charge in [-0.15, -0.1) is 0 Å². The molecule has 6 saturated carbocycles. The second-order valence-corrected chi connectivity index (χ2v) is 10.2. The van der Waals surface area contributed by atoms with E-state index in [1.807, 2.05) is 0 Å². The van der Waals surface area contributed by atoms with Gasteiger partial charge in [-0.2, -0.15) is 13.2 Å². The van der Waals surface area contributed by atoms with Crippen LogP contribution in [-0.4, -0.2) is 17.4 Å². The molecular formula is C20H27F3O. The summed E-state index contributed by atoms with van der Waals surface area (Å²) < 4.78 is 38.4. The highest BCUT2D eigenvalue weighted by Crippen LogP contribution is 2.77. The molecule has 0 radical (unpaired) electrons. The fraction of sp³-hybridized carbons (Fsp3) is 1.00. The maximum atomic E-state index is 12.8. The van der Waals surface area contributed by atoms with Crippen molar-refractivity contribution in [3.8, 4) is 0 Å². The number of hydrogen-bond acceptors (Lipinski definition) is 1. The van der Waals surface area contributed by atoms with Crippen molar-refractivity contribution in [3.63, 3.8) is 0 Å². The predicted molar refractivity (Wildman–Crippen MR) is 82.8 cm³/mol. The lowest BCUT2D eigenvalue weighted by Gasteiger charge is -2.47. The Morgan fingerprint density at radius 2 is 1.38 bits per heavy atom. The Morgan fingerprint density at radius 3 is 2.04 bits per heavy atom. The third-order valence-electron chi connectivity index (χ3n) is 9.74. The molecule has 0 heterocycles. The van der Waals surface area contributed by atoms with Crippen LogP contribution in [-0.2, 0) is 0 Å². The Kier molecular flexibility index (Phi) is 2.81. The first-order valence-corrected chi connectivity index (χ1v) is 10.2. The van der Waals surface area contributed by atoms with Crippen molar-refractivity contribution in [3.05, 3.63) is 0 Å². The van der Waals surface area contributed by atoms with Gasteiger partial charge in [0.25, 0.3) is 0 Å². The number of halogens is 3. The molecule has 0 aliphatic heterocycles. The average molecular weight is 340 g/mol. The minimum absolute atomic E-state index is 0.0363. The summed E-state index contributed by atoms with van der Waals surface area (Å²) in [6, 6.07) is 0. The summed E-state index contributed by atoms with van der Waals surface area (Å²) in [6.07, 6.45) is 1.32. The molecule has 12 atom stereocenters. The van der Waals surface area contributed by atoms with Crippen molar-refractivity contribution in [2.75, 3.05) is 0 Å². The first-order valence-electron chi connectivity index (χ1n) is 10.2. The second-order valence-electron chi connectivity index (χ2n) is 10.2. The maximum Gasteiger partial charge on any atom is 0.414 e. The summed E-state index contributed by atoms with van der Waals surface area (Å²) in [6.45, 7) is 0. The van der Waals surface area contributed by atoms with Crippen LogP contribution in [0.3, 0.4) is 0 Å². The Morgan fingerprint density at radius 1 is 0.750 bits per heavy atom. The van der Waals surface area contributed by atoms with E-state index in [4.69, 9.17) is 0 Å². The largest absolute Gasteiger partial charge is 0.414 e. The van der Waals surface area contributed by atoms with Crippen LogP contribution in [0, 0.1) is 65.1 Å². The third kappa shape index (κ3) is 1.68. The molecule has 134 valence electrons. The SMILES string of the molecule is OC(CC1CC2CC1C1C3CC(C4C5CCC(C5)C34)C21)C(F)(F)F. The van der Waals surface area contributed by atoms with E-state index in [-0.39, 0.29) is 12.3 Å². The van der Waals surface area contributed by atoms with E-state index in [2.05, 4.69) is 0 Å². The van der Waals surface area contributed by atoms with Crippen LogP contribution in [0.1, 0.15) is 44.9 Å². The molecule has 0 spiro atoms. The summed E-state index contributed by atoms with van der Waals surface area (Å²) in [5.74, 6) is 8.50. The van der Waals surface area contributed by atoms with Crippen LogP contribution in [0.15, 0.2) is 0 Å². The Hall–Kier alpha value is -0.250. The lowest BCUT2D eigenvalue weighted by Crippen LogP contribution is -2.43. The first-order chi connectivity index (χ1) is 11.4. The molecule has 0 aromatic rings. The van der Waals surface area contributed by atoms with Crippen LogP contribution < -0.4 is 0 Å². The highest BCUT2D eigenvalue weighted by atomic mass is 19.4. The number of alkyl halides is 3. The van der Waals surface area contributed by atoms with Crippen molar-refractivity contribution in [1.29, 1.82) is 0 Å². The van der Waals surface area contributed by atoms with E-state index < -0.39 is 12.3 Å². The molecule has 1 nitrogen and oxygen atoms in total. The monoisotopic (exact) mass is 340 g/mol. The molecule has 0 aromatic heterocycles.